The van der Waals surface area contributed by atoms with Gasteiger partial charge in [-0.25, -0.2) is 4.39 Å². The molecule has 4 unspecified atom stereocenters. The molecule has 0 saturated heterocycles. The fourth-order valence-electron chi connectivity index (χ4n) is 5.27. The SMILES string of the molecule is CC=CC1CCC2CC(c3ccc(-c4ccc(F)cc4)cc3)CCC2C1. The highest BCUT2D eigenvalue weighted by Crippen LogP contribution is 2.47. The number of rotatable bonds is 3. The minimum absolute atomic E-state index is 0.175. The number of fused-ring (bicyclic) bond motifs is 1. The summed E-state index contributed by atoms with van der Waals surface area (Å²) in [7, 11) is 0. The summed E-state index contributed by atoms with van der Waals surface area (Å²) in [4.78, 5) is 0. The van der Waals surface area contributed by atoms with Crippen LogP contribution in [-0.4, -0.2) is 0 Å². The Morgan fingerprint density at radius 3 is 2.08 bits per heavy atom. The molecule has 0 heterocycles. The van der Waals surface area contributed by atoms with Gasteiger partial charge >= 0.3 is 0 Å². The average molecular weight is 349 g/mol. The number of halogens is 1. The average Bonchev–Trinajstić information content (AvgIpc) is 2.69. The van der Waals surface area contributed by atoms with E-state index in [1.807, 2.05) is 12.1 Å². The van der Waals surface area contributed by atoms with Crippen molar-refractivity contribution in [1.29, 1.82) is 0 Å². The molecule has 136 valence electrons. The van der Waals surface area contributed by atoms with Gasteiger partial charge in [-0.15, -0.1) is 0 Å². The van der Waals surface area contributed by atoms with Crippen LogP contribution in [0, 0.1) is 23.6 Å². The van der Waals surface area contributed by atoms with Crippen molar-refractivity contribution in [3.63, 3.8) is 0 Å². The molecule has 2 aromatic rings. The Balaban J connectivity index is 1.42. The summed E-state index contributed by atoms with van der Waals surface area (Å²) < 4.78 is 13.1. The third kappa shape index (κ3) is 3.77. The molecule has 26 heavy (non-hydrogen) atoms. The third-order valence-electron chi connectivity index (χ3n) is 6.68. The second kappa shape index (κ2) is 7.78. The fourth-order valence-corrected chi connectivity index (χ4v) is 5.27. The van der Waals surface area contributed by atoms with Gasteiger partial charge in [-0.1, -0.05) is 48.6 Å². The molecule has 2 saturated carbocycles. The summed E-state index contributed by atoms with van der Waals surface area (Å²) in [6.45, 7) is 2.15. The van der Waals surface area contributed by atoms with Gasteiger partial charge in [-0.05, 0) is 97.9 Å². The Morgan fingerprint density at radius 1 is 0.769 bits per heavy atom. The van der Waals surface area contributed by atoms with E-state index in [1.54, 1.807) is 0 Å². The first kappa shape index (κ1) is 17.5. The van der Waals surface area contributed by atoms with Crippen molar-refractivity contribution in [2.45, 2.75) is 51.4 Å². The van der Waals surface area contributed by atoms with Gasteiger partial charge in [0.1, 0.15) is 5.82 Å². The molecule has 0 N–H and O–H groups in total. The van der Waals surface area contributed by atoms with E-state index in [9.17, 15) is 4.39 Å². The predicted molar refractivity (Wildman–Crippen MR) is 108 cm³/mol. The van der Waals surface area contributed by atoms with Crippen molar-refractivity contribution in [1.82, 2.24) is 0 Å². The minimum Gasteiger partial charge on any atom is -0.207 e. The van der Waals surface area contributed by atoms with E-state index in [-0.39, 0.29) is 5.82 Å². The van der Waals surface area contributed by atoms with Crippen molar-refractivity contribution < 1.29 is 4.39 Å². The molecule has 2 aromatic carbocycles. The molecule has 2 aliphatic rings. The van der Waals surface area contributed by atoms with Crippen molar-refractivity contribution in [2.75, 3.05) is 0 Å². The van der Waals surface area contributed by atoms with E-state index in [4.69, 9.17) is 0 Å². The lowest BCUT2D eigenvalue weighted by Crippen LogP contribution is -2.30. The fraction of sp³-hybridized carbons (Fsp3) is 0.440. The summed E-state index contributed by atoms with van der Waals surface area (Å²) in [6, 6.07) is 15.8. The molecule has 4 rings (SSSR count). The molecule has 4 atom stereocenters. The lowest BCUT2D eigenvalue weighted by molar-refractivity contribution is 0.133. The maximum Gasteiger partial charge on any atom is 0.123 e. The summed E-state index contributed by atoms with van der Waals surface area (Å²) >= 11 is 0. The van der Waals surface area contributed by atoms with Crippen molar-refractivity contribution in [2.24, 2.45) is 17.8 Å². The largest absolute Gasteiger partial charge is 0.207 e. The molecule has 0 amide bonds. The highest BCUT2D eigenvalue weighted by Gasteiger charge is 2.35. The molecule has 2 fully saturated rings. The Morgan fingerprint density at radius 2 is 1.38 bits per heavy atom. The molecule has 1 heteroatoms. The van der Waals surface area contributed by atoms with Gasteiger partial charge in [-0.3, -0.25) is 0 Å². The van der Waals surface area contributed by atoms with Gasteiger partial charge in [-0.2, -0.15) is 0 Å². The molecule has 0 radical (unpaired) electrons. The van der Waals surface area contributed by atoms with Crippen molar-refractivity contribution in [3.8, 4) is 11.1 Å². The summed E-state index contributed by atoms with van der Waals surface area (Å²) in [6.07, 6.45) is 12.9. The molecular formula is C25H29F. The molecule has 0 aromatic heterocycles. The van der Waals surface area contributed by atoms with E-state index in [1.165, 1.54) is 61.8 Å². The number of hydrogen-bond donors (Lipinski definition) is 0. The Kier molecular flexibility index (Phi) is 5.24. The van der Waals surface area contributed by atoms with E-state index < -0.39 is 0 Å². The third-order valence-corrected chi connectivity index (χ3v) is 6.68. The Bertz CT molecular complexity index is 741. The zero-order chi connectivity index (χ0) is 17.9. The highest BCUT2D eigenvalue weighted by atomic mass is 19.1. The van der Waals surface area contributed by atoms with Crippen LogP contribution in [0.1, 0.15) is 56.9 Å². The topological polar surface area (TPSA) is 0 Å². The van der Waals surface area contributed by atoms with Crippen LogP contribution in [0.2, 0.25) is 0 Å². The molecular weight excluding hydrogens is 319 g/mol. The van der Waals surface area contributed by atoms with Crippen molar-refractivity contribution in [3.05, 3.63) is 72.1 Å². The van der Waals surface area contributed by atoms with Gasteiger partial charge in [0.2, 0.25) is 0 Å². The molecule has 0 bridgehead atoms. The van der Waals surface area contributed by atoms with Crippen LogP contribution in [-0.2, 0) is 0 Å². The van der Waals surface area contributed by atoms with E-state index >= 15 is 0 Å². The van der Waals surface area contributed by atoms with E-state index in [0.29, 0.717) is 0 Å². The Hall–Kier alpha value is -1.89. The summed E-state index contributed by atoms with van der Waals surface area (Å²) in [5, 5.41) is 0. The zero-order valence-corrected chi connectivity index (χ0v) is 15.7. The second-order valence-corrected chi connectivity index (χ2v) is 8.26. The number of benzene rings is 2. The first-order chi connectivity index (χ1) is 12.7. The van der Waals surface area contributed by atoms with E-state index in [2.05, 4.69) is 43.3 Å². The Labute approximate surface area is 157 Å². The van der Waals surface area contributed by atoms with Gasteiger partial charge in [0, 0.05) is 0 Å². The normalized spacial score (nSPS) is 28.8. The number of allylic oxidation sites excluding steroid dienone is 2. The number of hydrogen-bond acceptors (Lipinski definition) is 0. The van der Waals surface area contributed by atoms with Crippen molar-refractivity contribution >= 4 is 0 Å². The van der Waals surface area contributed by atoms with Crippen LogP contribution in [0.5, 0.6) is 0 Å². The molecule has 2 aliphatic carbocycles. The monoisotopic (exact) mass is 348 g/mol. The predicted octanol–water partition coefficient (Wildman–Crippen LogP) is 7.37. The lowest BCUT2D eigenvalue weighted by atomic mass is 9.64. The lowest BCUT2D eigenvalue weighted by Gasteiger charge is -2.41. The van der Waals surface area contributed by atoms with E-state index in [0.717, 1.165) is 29.2 Å². The van der Waals surface area contributed by atoms with Crippen LogP contribution in [0.4, 0.5) is 4.39 Å². The smallest absolute Gasteiger partial charge is 0.123 e. The van der Waals surface area contributed by atoms with Crippen LogP contribution in [0.3, 0.4) is 0 Å². The standard InChI is InChI=1S/C25H29F/c1-2-3-18-4-5-24-17-23(11-10-22(24)16-18)21-8-6-19(7-9-21)20-12-14-25(26)15-13-20/h2-3,6-9,12-15,18,22-24H,4-5,10-11,16-17H2,1H3. The summed E-state index contributed by atoms with van der Waals surface area (Å²) in [5.41, 5.74) is 3.75. The second-order valence-electron chi connectivity index (χ2n) is 8.26. The maximum atomic E-state index is 13.1. The maximum absolute atomic E-state index is 13.1. The quantitative estimate of drug-likeness (QED) is 0.508. The first-order valence-electron chi connectivity index (χ1n) is 10.2. The molecule has 0 nitrogen and oxygen atoms in total. The molecule has 0 aliphatic heterocycles. The van der Waals surface area contributed by atoms with Crippen LogP contribution < -0.4 is 0 Å². The van der Waals surface area contributed by atoms with Crippen LogP contribution in [0.15, 0.2) is 60.7 Å². The minimum atomic E-state index is -0.175. The van der Waals surface area contributed by atoms with Gasteiger partial charge in [0.25, 0.3) is 0 Å². The van der Waals surface area contributed by atoms with Gasteiger partial charge in [0.05, 0.1) is 0 Å². The van der Waals surface area contributed by atoms with Gasteiger partial charge < -0.3 is 0 Å². The zero-order valence-electron chi connectivity index (χ0n) is 15.7. The first-order valence-corrected chi connectivity index (χ1v) is 10.2. The molecule has 0 spiro atoms. The highest BCUT2D eigenvalue weighted by molar-refractivity contribution is 5.63. The summed E-state index contributed by atoms with van der Waals surface area (Å²) in [5.74, 6) is 3.24. The van der Waals surface area contributed by atoms with Crippen LogP contribution >= 0.6 is 0 Å². The van der Waals surface area contributed by atoms with Crippen LogP contribution in [0.25, 0.3) is 11.1 Å². The van der Waals surface area contributed by atoms with Gasteiger partial charge in [0.15, 0.2) is 0 Å².